The Kier molecular flexibility index (Phi) is 2.99. The Balaban J connectivity index is 1.99. The van der Waals surface area contributed by atoms with Crippen LogP contribution in [0.5, 0.6) is 0 Å². The number of nitrogens with one attached hydrogen (secondary N) is 2. The van der Waals surface area contributed by atoms with Crippen molar-refractivity contribution >= 4 is 11.7 Å². The molecular formula is C12H17N2O+. The SMILES string of the molecule is Cc1cccc(NC(=O)C2CCCC2)[nH+]1. The van der Waals surface area contributed by atoms with Crippen molar-refractivity contribution in [2.75, 3.05) is 5.32 Å². The Bertz CT molecular complexity index is 356. The molecule has 3 nitrogen and oxygen atoms in total. The third-order valence-electron chi connectivity index (χ3n) is 2.92. The van der Waals surface area contributed by atoms with Crippen molar-refractivity contribution in [3.05, 3.63) is 23.9 Å². The molecule has 2 rings (SSSR count). The summed E-state index contributed by atoms with van der Waals surface area (Å²) in [6.07, 6.45) is 4.46. The van der Waals surface area contributed by atoms with Crippen molar-refractivity contribution in [2.45, 2.75) is 32.6 Å². The van der Waals surface area contributed by atoms with E-state index < -0.39 is 0 Å². The van der Waals surface area contributed by atoms with Gasteiger partial charge < -0.3 is 0 Å². The lowest BCUT2D eigenvalue weighted by molar-refractivity contribution is -0.370. The number of amides is 1. The first-order valence-corrected chi connectivity index (χ1v) is 5.55. The summed E-state index contributed by atoms with van der Waals surface area (Å²) >= 11 is 0. The molecule has 0 atom stereocenters. The molecule has 0 radical (unpaired) electrons. The Hall–Kier alpha value is -1.38. The molecule has 1 saturated carbocycles. The summed E-state index contributed by atoms with van der Waals surface area (Å²) in [4.78, 5) is 14.9. The normalized spacial score (nSPS) is 16.6. The van der Waals surface area contributed by atoms with E-state index in [0.29, 0.717) is 0 Å². The minimum Gasteiger partial charge on any atom is -0.247 e. The van der Waals surface area contributed by atoms with Crippen molar-refractivity contribution in [1.82, 2.24) is 0 Å². The highest BCUT2D eigenvalue weighted by molar-refractivity contribution is 5.91. The minimum absolute atomic E-state index is 0.161. The summed E-state index contributed by atoms with van der Waals surface area (Å²) in [6.45, 7) is 1.98. The second-order valence-corrected chi connectivity index (χ2v) is 4.22. The summed E-state index contributed by atoms with van der Waals surface area (Å²) < 4.78 is 0. The molecule has 15 heavy (non-hydrogen) atoms. The standard InChI is InChI=1S/C12H16N2O/c1-9-5-4-8-11(13-9)14-12(15)10-6-2-3-7-10/h4-5,8,10H,2-3,6-7H2,1H3,(H,13,14,15)/p+1. The number of rotatable bonds is 2. The van der Waals surface area contributed by atoms with E-state index in [9.17, 15) is 4.79 Å². The number of aromatic nitrogens is 1. The van der Waals surface area contributed by atoms with Crippen LogP contribution >= 0.6 is 0 Å². The molecule has 2 N–H and O–H groups in total. The molecule has 80 valence electrons. The highest BCUT2D eigenvalue weighted by Crippen LogP contribution is 2.25. The average molecular weight is 205 g/mol. The third kappa shape index (κ3) is 2.55. The van der Waals surface area contributed by atoms with Crippen molar-refractivity contribution in [2.24, 2.45) is 5.92 Å². The van der Waals surface area contributed by atoms with Crippen LogP contribution in [0.3, 0.4) is 0 Å². The number of carbonyl (C=O) groups excluding carboxylic acids is 1. The zero-order chi connectivity index (χ0) is 10.7. The molecule has 1 aromatic rings. The molecular weight excluding hydrogens is 188 g/mol. The molecule has 0 unspecified atom stereocenters. The van der Waals surface area contributed by atoms with E-state index in [4.69, 9.17) is 0 Å². The van der Waals surface area contributed by atoms with Gasteiger partial charge in [-0.15, -0.1) is 0 Å². The van der Waals surface area contributed by atoms with Gasteiger partial charge in [0, 0.05) is 6.07 Å². The van der Waals surface area contributed by atoms with E-state index in [1.54, 1.807) is 0 Å². The molecule has 0 saturated heterocycles. The maximum absolute atomic E-state index is 11.8. The first-order valence-electron chi connectivity index (χ1n) is 5.55. The topological polar surface area (TPSA) is 43.2 Å². The van der Waals surface area contributed by atoms with Crippen LogP contribution in [0, 0.1) is 12.8 Å². The quantitative estimate of drug-likeness (QED) is 0.787. The van der Waals surface area contributed by atoms with Crippen molar-refractivity contribution in [3.63, 3.8) is 0 Å². The molecule has 1 aliphatic rings. The summed E-state index contributed by atoms with van der Waals surface area (Å²) in [6, 6.07) is 5.81. The first-order chi connectivity index (χ1) is 7.25. The number of pyridine rings is 1. The molecule has 1 fully saturated rings. The average Bonchev–Trinajstić information content (AvgIpc) is 2.70. The number of hydrogen-bond acceptors (Lipinski definition) is 1. The minimum atomic E-state index is 0.161. The number of aromatic amines is 1. The summed E-state index contributed by atoms with van der Waals surface area (Å²) in [7, 11) is 0. The number of hydrogen-bond donors (Lipinski definition) is 1. The van der Waals surface area contributed by atoms with Gasteiger partial charge in [0.15, 0.2) is 0 Å². The van der Waals surface area contributed by atoms with E-state index in [1.807, 2.05) is 25.1 Å². The van der Waals surface area contributed by atoms with Crippen molar-refractivity contribution < 1.29 is 9.78 Å². The fraction of sp³-hybridized carbons (Fsp3) is 0.500. The lowest BCUT2D eigenvalue weighted by atomic mass is 10.1. The highest BCUT2D eigenvalue weighted by atomic mass is 16.1. The maximum Gasteiger partial charge on any atom is 0.310 e. The summed E-state index contributed by atoms with van der Waals surface area (Å²) in [5, 5.41) is 2.93. The Morgan fingerprint density at radius 3 is 2.80 bits per heavy atom. The number of carbonyl (C=O) groups is 1. The van der Waals surface area contributed by atoms with Gasteiger partial charge in [-0.1, -0.05) is 18.9 Å². The fourth-order valence-electron chi connectivity index (χ4n) is 2.08. The molecule has 0 spiro atoms. The lowest BCUT2D eigenvalue weighted by Crippen LogP contribution is -2.25. The fourth-order valence-corrected chi connectivity index (χ4v) is 2.08. The molecule has 1 aromatic heterocycles. The van der Waals surface area contributed by atoms with Crippen LogP contribution in [0.4, 0.5) is 5.82 Å². The van der Waals surface area contributed by atoms with Crippen LogP contribution in [0.2, 0.25) is 0 Å². The largest absolute Gasteiger partial charge is 0.310 e. The zero-order valence-corrected chi connectivity index (χ0v) is 9.05. The van der Waals surface area contributed by atoms with Gasteiger partial charge in [-0.25, -0.2) is 15.1 Å². The van der Waals surface area contributed by atoms with Gasteiger partial charge in [0.2, 0.25) is 0 Å². The molecule has 1 amide bonds. The predicted molar refractivity (Wildman–Crippen MR) is 58.3 cm³/mol. The van der Waals surface area contributed by atoms with Gasteiger partial charge in [-0.05, 0) is 25.8 Å². The van der Waals surface area contributed by atoms with E-state index in [0.717, 1.165) is 24.4 Å². The van der Waals surface area contributed by atoms with Crippen LogP contribution in [0.15, 0.2) is 18.2 Å². The maximum atomic E-state index is 11.8. The number of aryl methyl sites for hydroxylation is 1. The van der Waals surface area contributed by atoms with Gasteiger partial charge >= 0.3 is 5.91 Å². The zero-order valence-electron chi connectivity index (χ0n) is 9.05. The first kappa shape index (κ1) is 10.1. The molecule has 3 heteroatoms. The number of anilines is 1. The molecule has 0 aliphatic heterocycles. The van der Waals surface area contributed by atoms with E-state index >= 15 is 0 Å². The second kappa shape index (κ2) is 4.43. The smallest absolute Gasteiger partial charge is 0.247 e. The molecule has 1 aliphatic carbocycles. The van der Waals surface area contributed by atoms with Crippen LogP contribution in [0.1, 0.15) is 31.4 Å². The number of H-pyrrole nitrogens is 1. The van der Waals surface area contributed by atoms with Gasteiger partial charge in [-0.3, -0.25) is 0 Å². The van der Waals surface area contributed by atoms with E-state index in [1.165, 1.54) is 12.8 Å². The predicted octanol–water partition coefficient (Wildman–Crippen LogP) is 1.94. The van der Waals surface area contributed by atoms with Crippen LogP contribution < -0.4 is 10.3 Å². The monoisotopic (exact) mass is 205 g/mol. The second-order valence-electron chi connectivity index (χ2n) is 4.22. The Labute approximate surface area is 89.9 Å². The van der Waals surface area contributed by atoms with Crippen molar-refractivity contribution in [1.29, 1.82) is 0 Å². The van der Waals surface area contributed by atoms with Crippen LogP contribution in [0.25, 0.3) is 0 Å². The highest BCUT2D eigenvalue weighted by Gasteiger charge is 2.26. The van der Waals surface area contributed by atoms with Crippen molar-refractivity contribution in [3.8, 4) is 0 Å². The molecule has 1 heterocycles. The van der Waals surface area contributed by atoms with E-state index in [-0.39, 0.29) is 11.8 Å². The van der Waals surface area contributed by atoms with Gasteiger partial charge in [0.25, 0.3) is 5.82 Å². The van der Waals surface area contributed by atoms with Crippen LogP contribution in [-0.2, 0) is 4.79 Å². The third-order valence-corrected chi connectivity index (χ3v) is 2.92. The van der Waals surface area contributed by atoms with Gasteiger partial charge in [-0.2, -0.15) is 0 Å². The Morgan fingerprint density at radius 1 is 1.40 bits per heavy atom. The van der Waals surface area contributed by atoms with Gasteiger partial charge in [0.05, 0.1) is 11.6 Å². The van der Waals surface area contributed by atoms with E-state index in [2.05, 4.69) is 10.3 Å². The van der Waals surface area contributed by atoms with Gasteiger partial charge in [0.1, 0.15) is 0 Å². The molecule has 0 bridgehead atoms. The summed E-state index contributed by atoms with van der Waals surface area (Å²) in [5.74, 6) is 1.18. The lowest BCUT2D eigenvalue weighted by Gasteiger charge is -2.03. The summed E-state index contributed by atoms with van der Waals surface area (Å²) in [5.41, 5.74) is 1.05. The molecule has 0 aromatic carbocycles. The van der Waals surface area contributed by atoms with Crippen LogP contribution in [-0.4, -0.2) is 5.91 Å². The Morgan fingerprint density at radius 2 is 2.13 bits per heavy atom.